The summed E-state index contributed by atoms with van der Waals surface area (Å²) in [4.78, 5) is 35.5. The number of amides is 3. The van der Waals surface area contributed by atoms with E-state index in [-0.39, 0.29) is 18.5 Å². The standard InChI is InChI=1S/C27H53N3O4/c1-5-6-7-8-9-10-11-12-13-14-15-16-17-18-20-28-27(33)29-22-25(30-24(4)31)26(32)34-21-19-23(2)3/h23,25H,5-22H2,1-4H3,(H,30,31)(H2,28,29,33). The zero-order valence-electron chi connectivity index (χ0n) is 22.5. The number of ether oxygens (including phenoxy) is 1. The fourth-order valence-corrected chi connectivity index (χ4v) is 3.71. The Balaban J connectivity index is 3.69. The highest BCUT2D eigenvalue weighted by Crippen LogP contribution is 2.12. The first-order valence-corrected chi connectivity index (χ1v) is 13.8. The normalized spacial score (nSPS) is 11.8. The van der Waals surface area contributed by atoms with Crippen molar-refractivity contribution in [3.63, 3.8) is 0 Å². The first kappa shape index (κ1) is 32.2. The summed E-state index contributed by atoms with van der Waals surface area (Å²) in [6.45, 7) is 8.60. The van der Waals surface area contributed by atoms with Gasteiger partial charge in [-0.15, -0.1) is 0 Å². The molecule has 0 rings (SSSR count). The van der Waals surface area contributed by atoms with Gasteiger partial charge in [-0.2, -0.15) is 0 Å². The number of urea groups is 1. The fraction of sp³-hybridized carbons (Fsp3) is 0.889. The van der Waals surface area contributed by atoms with E-state index in [9.17, 15) is 14.4 Å². The Bertz CT molecular complexity index is 526. The number of hydrogen-bond acceptors (Lipinski definition) is 4. The molecule has 0 heterocycles. The zero-order chi connectivity index (χ0) is 25.4. The number of esters is 1. The van der Waals surface area contributed by atoms with E-state index in [0.717, 1.165) is 19.3 Å². The molecule has 200 valence electrons. The molecule has 0 spiro atoms. The lowest BCUT2D eigenvalue weighted by molar-refractivity contribution is -0.147. The molecule has 0 aliphatic carbocycles. The minimum atomic E-state index is -0.878. The summed E-state index contributed by atoms with van der Waals surface area (Å²) >= 11 is 0. The van der Waals surface area contributed by atoms with Crippen molar-refractivity contribution in [2.75, 3.05) is 19.7 Å². The summed E-state index contributed by atoms with van der Waals surface area (Å²) in [7, 11) is 0. The highest BCUT2D eigenvalue weighted by molar-refractivity contribution is 5.84. The van der Waals surface area contributed by atoms with Crippen LogP contribution in [0.2, 0.25) is 0 Å². The molecule has 3 N–H and O–H groups in total. The third-order valence-electron chi connectivity index (χ3n) is 5.88. The quantitative estimate of drug-likeness (QED) is 0.133. The Kier molecular flexibility index (Phi) is 21.8. The van der Waals surface area contributed by atoms with Crippen molar-refractivity contribution in [3.8, 4) is 0 Å². The van der Waals surface area contributed by atoms with Gasteiger partial charge in [0.1, 0.15) is 6.04 Å². The number of hydrogen-bond donors (Lipinski definition) is 3. The van der Waals surface area contributed by atoms with E-state index >= 15 is 0 Å². The van der Waals surface area contributed by atoms with Crippen LogP contribution in [0.4, 0.5) is 4.79 Å². The van der Waals surface area contributed by atoms with Crippen LogP contribution in [-0.2, 0) is 14.3 Å². The van der Waals surface area contributed by atoms with E-state index in [1.165, 1.54) is 84.0 Å². The van der Waals surface area contributed by atoms with Gasteiger partial charge in [0, 0.05) is 13.5 Å². The molecular formula is C27H53N3O4. The molecule has 7 nitrogen and oxygen atoms in total. The zero-order valence-corrected chi connectivity index (χ0v) is 22.5. The van der Waals surface area contributed by atoms with Gasteiger partial charge in [0.05, 0.1) is 13.2 Å². The molecule has 0 aromatic heterocycles. The van der Waals surface area contributed by atoms with Gasteiger partial charge in [-0.1, -0.05) is 104 Å². The third kappa shape index (κ3) is 22.0. The maximum atomic E-state index is 12.2. The van der Waals surface area contributed by atoms with Crippen molar-refractivity contribution in [1.82, 2.24) is 16.0 Å². The van der Waals surface area contributed by atoms with Crippen molar-refractivity contribution in [3.05, 3.63) is 0 Å². The second kappa shape index (κ2) is 23.0. The van der Waals surface area contributed by atoms with Crippen molar-refractivity contribution < 1.29 is 19.1 Å². The molecule has 0 aliphatic heterocycles. The SMILES string of the molecule is CCCCCCCCCCCCCCCCNC(=O)NCC(NC(C)=O)C(=O)OCCC(C)C. The van der Waals surface area contributed by atoms with Gasteiger partial charge in [0.25, 0.3) is 0 Å². The molecule has 0 aromatic rings. The molecule has 7 heteroatoms. The summed E-state index contributed by atoms with van der Waals surface area (Å²) < 4.78 is 5.21. The molecular weight excluding hydrogens is 430 g/mol. The van der Waals surface area contributed by atoms with Gasteiger partial charge in [-0.05, 0) is 18.8 Å². The molecule has 0 saturated carbocycles. The van der Waals surface area contributed by atoms with Crippen LogP contribution in [0.5, 0.6) is 0 Å². The van der Waals surface area contributed by atoms with Crippen molar-refractivity contribution in [1.29, 1.82) is 0 Å². The van der Waals surface area contributed by atoms with E-state index in [1.807, 2.05) is 13.8 Å². The average molecular weight is 484 g/mol. The minimum absolute atomic E-state index is 0.00463. The highest BCUT2D eigenvalue weighted by Gasteiger charge is 2.21. The Morgan fingerprint density at radius 3 is 1.71 bits per heavy atom. The van der Waals surface area contributed by atoms with E-state index in [2.05, 4.69) is 22.9 Å². The van der Waals surface area contributed by atoms with Crippen LogP contribution in [0.25, 0.3) is 0 Å². The fourth-order valence-electron chi connectivity index (χ4n) is 3.71. The first-order chi connectivity index (χ1) is 16.4. The molecule has 0 bridgehead atoms. The molecule has 0 saturated heterocycles. The molecule has 1 unspecified atom stereocenters. The summed E-state index contributed by atoms with van der Waals surface area (Å²) in [5.41, 5.74) is 0. The molecule has 0 aromatic carbocycles. The lowest BCUT2D eigenvalue weighted by Gasteiger charge is -2.18. The molecule has 34 heavy (non-hydrogen) atoms. The first-order valence-electron chi connectivity index (χ1n) is 13.8. The van der Waals surface area contributed by atoms with Crippen LogP contribution in [0.15, 0.2) is 0 Å². The van der Waals surface area contributed by atoms with Crippen LogP contribution in [-0.4, -0.2) is 43.6 Å². The lowest BCUT2D eigenvalue weighted by Crippen LogP contribution is -2.50. The second-order valence-electron chi connectivity index (χ2n) is 9.84. The predicted molar refractivity (Wildman–Crippen MR) is 140 cm³/mol. The summed E-state index contributed by atoms with van der Waals surface area (Å²) in [6.07, 6.45) is 19.0. The maximum Gasteiger partial charge on any atom is 0.330 e. The number of carbonyl (C=O) groups is 3. The van der Waals surface area contributed by atoms with Gasteiger partial charge in [0.2, 0.25) is 5.91 Å². The van der Waals surface area contributed by atoms with E-state index in [4.69, 9.17) is 4.74 Å². The summed E-state index contributed by atoms with van der Waals surface area (Å²) in [5, 5.41) is 8.01. The van der Waals surface area contributed by atoms with E-state index in [0.29, 0.717) is 19.1 Å². The second-order valence-corrected chi connectivity index (χ2v) is 9.84. The minimum Gasteiger partial charge on any atom is -0.464 e. The number of nitrogens with one attached hydrogen (secondary N) is 3. The van der Waals surface area contributed by atoms with Gasteiger partial charge in [-0.25, -0.2) is 9.59 Å². The van der Waals surface area contributed by atoms with Crippen LogP contribution in [0.1, 0.15) is 124 Å². The van der Waals surface area contributed by atoms with Crippen LogP contribution < -0.4 is 16.0 Å². The predicted octanol–water partition coefficient (Wildman–Crippen LogP) is 5.86. The summed E-state index contributed by atoms with van der Waals surface area (Å²) in [5.74, 6) is -0.440. The molecule has 0 radical (unpaired) electrons. The van der Waals surface area contributed by atoms with Crippen LogP contribution in [0.3, 0.4) is 0 Å². The Hall–Kier alpha value is -1.79. The van der Waals surface area contributed by atoms with Crippen molar-refractivity contribution in [2.45, 2.75) is 130 Å². The molecule has 0 fully saturated rings. The Morgan fingerprint density at radius 2 is 1.24 bits per heavy atom. The van der Waals surface area contributed by atoms with Gasteiger partial charge >= 0.3 is 12.0 Å². The van der Waals surface area contributed by atoms with Crippen LogP contribution in [0, 0.1) is 5.92 Å². The van der Waals surface area contributed by atoms with Crippen molar-refractivity contribution in [2.24, 2.45) is 5.92 Å². The van der Waals surface area contributed by atoms with E-state index in [1.54, 1.807) is 0 Å². The maximum absolute atomic E-state index is 12.2. The number of unbranched alkanes of at least 4 members (excludes halogenated alkanes) is 13. The smallest absolute Gasteiger partial charge is 0.330 e. The number of carbonyl (C=O) groups excluding carboxylic acids is 3. The Morgan fingerprint density at radius 1 is 0.735 bits per heavy atom. The molecule has 3 amide bonds. The Labute approximate surface area is 208 Å². The third-order valence-corrected chi connectivity index (χ3v) is 5.88. The largest absolute Gasteiger partial charge is 0.464 e. The van der Waals surface area contributed by atoms with Gasteiger partial charge in [-0.3, -0.25) is 4.79 Å². The van der Waals surface area contributed by atoms with E-state index < -0.39 is 12.0 Å². The van der Waals surface area contributed by atoms with Gasteiger partial charge in [0.15, 0.2) is 0 Å². The lowest BCUT2D eigenvalue weighted by atomic mass is 10.0. The summed E-state index contributed by atoms with van der Waals surface area (Å²) in [6, 6.07) is -1.21. The topological polar surface area (TPSA) is 96.5 Å². The monoisotopic (exact) mass is 483 g/mol. The van der Waals surface area contributed by atoms with Crippen LogP contribution >= 0.6 is 0 Å². The van der Waals surface area contributed by atoms with Crippen molar-refractivity contribution >= 4 is 17.9 Å². The van der Waals surface area contributed by atoms with Gasteiger partial charge < -0.3 is 20.7 Å². The number of rotatable bonds is 22. The molecule has 0 aliphatic rings. The average Bonchev–Trinajstić information content (AvgIpc) is 2.78. The highest BCUT2D eigenvalue weighted by atomic mass is 16.5. The molecule has 1 atom stereocenters.